The highest BCUT2D eigenvalue weighted by Gasteiger charge is 2.26. The van der Waals surface area contributed by atoms with Gasteiger partial charge in [-0.2, -0.15) is 0 Å². The fourth-order valence-corrected chi connectivity index (χ4v) is 2.99. The summed E-state index contributed by atoms with van der Waals surface area (Å²) in [7, 11) is 0. The van der Waals surface area contributed by atoms with Crippen LogP contribution in [0.5, 0.6) is 0 Å². The lowest BCUT2D eigenvalue weighted by Crippen LogP contribution is -2.20. The largest absolute Gasteiger partial charge is 0.481 e. The lowest BCUT2D eigenvalue weighted by molar-refractivity contribution is -0.142. The third-order valence-electron chi connectivity index (χ3n) is 4.16. The van der Waals surface area contributed by atoms with Crippen LogP contribution in [0, 0.1) is 5.92 Å². The van der Waals surface area contributed by atoms with E-state index < -0.39 is 5.97 Å². The van der Waals surface area contributed by atoms with E-state index in [4.69, 9.17) is 5.11 Å². The van der Waals surface area contributed by atoms with Crippen molar-refractivity contribution in [3.63, 3.8) is 0 Å². The molecule has 0 bridgehead atoms. The predicted molar refractivity (Wildman–Crippen MR) is 74.1 cm³/mol. The molecule has 1 aromatic heterocycles. The minimum absolute atomic E-state index is 0.148. The van der Waals surface area contributed by atoms with Crippen molar-refractivity contribution in [2.45, 2.75) is 31.6 Å². The normalized spacial score (nSPS) is 23.4. The molecule has 3 rings (SSSR count). The Balaban J connectivity index is 1.80. The smallest absolute Gasteiger partial charge is 0.306 e. The van der Waals surface area contributed by atoms with Gasteiger partial charge < -0.3 is 5.11 Å². The van der Waals surface area contributed by atoms with Crippen LogP contribution >= 0.6 is 0 Å². The summed E-state index contributed by atoms with van der Waals surface area (Å²) in [4.78, 5) is 15.5. The maximum Gasteiger partial charge on any atom is 0.306 e. The van der Waals surface area contributed by atoms with E-state index in [0.29, 0.717) is 5.92 Å². The van der Waals surface area contributed by atoms with Crippen LogP contribution in [0.1, 0.15) is 37.2 Å². The van der Waals surface area contributed by atoms with Gasteiger partial charge in [-0.3, -0.25) is 9.78 Å². The molecule has 19 heavy (non-hydrogen) atoms. The van der Waals surface area contributed by atoms with Crippen molar-refractivity contribution in [1.82, 2.24) is 4.98 Å². The number of rotatable bonds is 2. The number of carboxylic acid groups (broad SMARTS) is 1. The zero-order valence-corrected chi connectivity index (χ0v) is 10.7. The van der Waals surface area contributed by atoms with Gasteiger partial charge in [-0.25, -0.2) is 0 Å². The van der Waals surface area contributed by atoms with Crippen LogP contribution in [0.2, 0.25) is 0 Å². The predicted octanol–water partition coefficient (Wildman–Crippen LogP) is 3.59. The first kappa shape index (κ1) is 12.2. The van der Waals surface area contributed by atoms with E-state index in [2.05, 4.69) is 17.1 Å². The van der Waals surface area contributed by atoms with E-state index in [9.17, 15) is 4.79 Å². The topological polar surface area (TPSA) is 50.2 Å². The van der Waals surface area contributed by atoms with E-state index in [1.807, 2.05) is 24.4 Å². The molecule has 1 saturated carbocycles. The Kier molecular flexibility index (Phi) is 3.20. The van der Waals surface area contributed by atoms with E-state index in [1.54, 1.807) is 0 Å². The lowest BCUT2D eigenvalue weighted by atomic mass is 9.79. The van der Waals surface area contributed by atoms with Crippen molar-refractivity contribution >= 4 is 16.9 Å². The summed E-state index contributed by atoms with van der Waals surface area (Å²) in [5, 5.41) is 10.2. The van der Waals surface area contributed by atoms with Crippen molar-refractivity contribution in [3.8, 4) is 0 Å². The summed E-state index contributed by atoms with van der Waals surface area (Å²) in [6.07, 6.45) is 5.43. The van der Waals surface area contributed by atoms with Gasteiger partial charge in [0.1, 0.15) is 0 Å². The van der Waals surface area contributed by atoms with E-state index >= 15 is 0 Å². The molecule has 1 aliphatic carbocycles. The Labute approximate surface area is 112 Å². The molecule has 0 spiro atoms. The monoisotopic (exact) mass is 255 g/mol. The molecule has 1 aliphatic rings. The van der Waals surface area contributed by atoms with Gasteiger partial charge >= 0.3 is 5.97 Å². The van der Waals surface area contributed by atoms with Crippen molar-refractivity contribution in [3.05, 3.63) is 42.1 Å². The highest BCUT2D eigenvalue weighted by Crippen LogP contribution is 2.36. The zero-order chi connectivity index (χ0) is 13.2. The number of carbonyl (C=O) groups is 1. The molecule has 0 atom stereocenters. The van der Waals surface area contributed by atoms with Crippen molar-refractivity contribution in [2.75, 3.05) is 0 Å². The van der Waals surface area contributed by atoms with Crippen LogP contribution < -0.4 is 0 Å². The molecule has 0 aliphatic heterocycles. The first-order chi connectivity index (χ1) is 9.24. The molecule has 1 heterocycles. The minimum atomic E-state index is -0.643. The summed E-state index contributed by atoms with van der Waals surface area (Å²) in [6, 6.07) is 10.3. The lowest BCUT2D eigenvalue weighted by Gasteiger charge is -2.26. The second-order valence-electron chi connectivity index (χ2n) is 5.35. The molecular formula is C16H17NO2. The maximum atomic E-state index is 11.0. The number of hydrogen-bond acceptors (Lipinski definition) is 2. The number of carboxylic acids is 1. The second kappa shape index (κ2) is 5.00. The number of benzene rings is 1. The number of hydrogen-bond donors (Lipinski definition) is 1. The highest BCUT2D eigenvalue weighted by molar-refractivity contribution is 5.78. The van der Waals surface area contributed by atoms with Gasteiger partial charge in [0.15, 0.2) is 0 Å². The van der Waals surface area contributed by atoms with Crippen LogP contribution in [0.25, 0.3) is 10.9 Å². The summed E-state index contributed by atoms with van der Waals surface area (Å²) in [5.41, 5.74) is 2.27. The number of para-hydroxylation sites is 1. The number of pyridine rings is 1. The Bertz CT molecular complexity index is 600. The van der Waals surface area contributed by atoms with E-state index in [0.717, 1.165) is 31.2 Å². The van der Waals surface area contributed by atoms with Crippen LogP contribution in [-0.4, -0.2) is 16.1 Å². The highest BCUT2D eigenvalue weighted by atomic mass is 16.4. The molecule has 1 aromatic carbocycles. The number of aliphatic carboxylic acids is 1. The minimum Gasteiger partial charge on any atom is -0.481 e. The number of aromatic nitrogens is 1. The fraction of sp³-hybridized carbons (Fsp3) is 0.375. The molecular weight excluding hydrogens is 238 g/mol. The second-order valence-corrected chi connectivity index (χ2v) is 5.35. The van der Waals surface area contributed by atoms with Gasteiger partial charge in [0, 0.05) is 11.6 Å². The Morgan fingerprint density at radius 2 is 1.89 bits per heavy atom. The molecule has 0 unspecified atom stereocenters. The Morgan fingerprint density at radius 1 is 1.16 bits per heavy atom. The van der Waals surface area contributed by atoms with Crippen LogP contribution in [-0.2, 0) is 4.79 Å². The average molecular weight is 255 g/mol. The third-order valence-corrected chi connectivity index (χ3v) is 4.16. The molecule has 0 saturated heterocycles. The number of fused-ring (bicyclic) bond motifs is 1. The van der Waals surface area contributed by atoms with E-state index in [1.165, 1.54) is 10.9 Å². The van der Waals surface area contributed by atoms with Crippen LogP contribution in [0.15, 0.2) is 36.5 Å². The molecule has 0 amide bonds. The van der Waals surface area contributed by atoms with Crippen LogP contribution in [0.4, 0.5) is 0 Å². The number of nitrogens with zero attached hydrogens (tertiary/aromatic N) is 1. The standard InChI is InChI=1S/C16H17NO2/c18-16(19)12-7-5-11(6-8-12)14-9-13-3-1-2-4-15(13)17-10-14/h1-4,9-12H,5-8H2,(H,18,19). The van der Waals surface area contributed by atoms with Crippen molar-refractivity contribution in [1.29, 1.82) is 0 Å². The SMILES string of the molecule is O=C(O)C1CCC(c2cnc3ccccc3c2)CC1. The zero-order valence-electron chi connectivity index (χ0n) is 10.7. The van der Waals surface area contributed by atoms with Gasteiger partial charge in [0.05, 0.1) is 11.4 Å². The molecule has 0 radical (unpaired) electrons. The maximum absolute atomic E-state index is 11.0. The Hall–Kier alpha value is -1.90. The molecule has 3 heteroatoms. The molecule has 1 fully saturated rings. The average Bonchev–Trinajstić information content (AvgIpc) is 2.47. The van der Waals surface area contributed by atoms with Crippen molar-refractivity contribution in [2.24, 2.45) is 5.92 Å². The molecule has 3 nitrogen and oxygen atoms in total. The first-order valence-corrected chi connectivity index (χ1v) is 6.81. The van der Waals surface area contributed by atoms with Crippen LogP contribution in [0.3, 0.4) is 0 Å². The summed E-state index contributed by atoms with van der Waals surface area (Å²) in [6.45, 7) is 0. The Morgan fingerprint density at radius 3 is 2.63 bits per heavy atom. The fourth-order valence-electron chi connectivity index (χ4n) is 2.99. The van der Waals surface area contributed by atoms with Gasteiger partial charge in [-0.1, -0.05) is 18.2 Å². The van der Waals surface area contributed by atoms with Gasteiger partial charge in [-0.05, 0) is 49.3 Å². The van der Waals surface area contributed by atoms with Gasteiger partial charge in [0.2, 0.25) is 0 Å². The first-order valence-electron chi connectivity index (χ1n) is 6.81. The molecule has 1 N–H and O–H groups in total. The summed E-state index contributed by atoms with van der Waals surface area (Å²) < 4.78 is 0. The third kappa shape index (κ3) is 2.46. The van der Waals surface area contributed by atoms with Crippen molar-refractivity contribution < 1.29 is 9.90 Å². The van der Waals surface area contributed by atoms with Gasteiger partial charge in [-0.15, -0.1) is 0 Å². The molecule has 2 aromatic rings. The summed E-state index contributed by atoms with van der Waals surface area (Å²) >= 11 is 0. The molecule has 98 valence electrons. The van der Waals surface area contributed by atoms with E-state index in [-0.39, 0.29) is 5.92 Å². The van der Waals surface area contributed by atoms with Gasteiger partial charge in [0.25, 0.3) is 0 Å². The summed E-state index contributed by atoms with van der Waals surface area (Å²) in [5.74, 6) is -0.326. The quantitative estimate of drug-likeness (QED) is 0.892.